The summed E-state index contributed by atoms with van der Waals surface area (Å²) in [5.41, 5.74) is 1.19. The monoisotopic (exact) mass is 282 g/mol. The highest BCUT2D eigenvalue weighted by Gasteiger charge is 2.06. The Morgan fingerprint density at radius 2 is 2.00 bits per heavy atom. The minimum Gasteiger partial charge on any atom is -0.292 e. The third-order valence-electron chi connectivity index (χ3n) is 2.21. The molecule has 2 rings (SSSR count). The van der Waals surface area contributed by atoms with Gasteiger partial charge in [-0.3, -0.25) is 4.79 Å². The summed E-state index contributed by atoms with van der Waals surface area (Å²) in [6, 6.07) is 11.5. The quantitative estimate of drug-likeness (QED) is 0.750. The summed E-state index contributed by atoms with van der Waals surface area (Å²) in [6.07, 6.45) is 0. The highest BCUT2D eigenvalue weighted by molar-refractivity contribution is 7.99. The minimum absolute atomic E-state index is 0.207. The summed E-state index contributed by atoms with van der Waals surface area (Å²) in [4.78, 5) is 12.6. The fraction of sp³-hybridized carbons (Fsp3) is 0.154. The molecule has 0 atom stereocenters. The van der Waals surface area contributed by atoms with Crippen molar-refractivity contribution in [3.05, 3.63) is 57.2 Å². The molecule has 0 aliphatic carbocycles. The summed E-state index contributed by atoms with van der Waals surface area (Å²) in [5.74, 6) is 1.58. The standard InChI is InChI=1S/C13H11ClOS2/c14-11-5-3-10(4-6-11)8-16-9-12(15)13-2-1-7-17-13/h1-7H,8-9H2. The average Bonchev–Trinajstić information content (AvgIpc) is 2.85. The highest BCUT2D eigenvalue weighted by Crippen LogP contribution is 2.18. The Morgan fingerprint density at radius 1 is 1.24 bits per heavy atom. The molecule has 0 radical (unpaired) electrons. The number of Topliss-reactive ketones (excluding diaryl/α,β-unsaturated/α-hetero) is 1. The lowest BCUT2D eigenvalue weighted by Gasteiger charge is -2.01. The Labute approximate surface area is 114 Å². The topological polar surface area (TPSA) is 17.1 Å². The van der Waals surface area contributed by atoms with Crippen molar-refractivity contribution in [3.63, 3.8) is 0 Å². The zero-order chi connectivity index (χ0) is 12.1. The summed E-state index contributed by atoms with van der Waals surface area (Å²) in [6.45, 7) is 0. The van der Waals surface area contributed by atoms with Gasteiger partial charge in [0.2, 0.25) is 0 Å². The van der Waals surface area contributed by atoms with Crippen molar-refractivity contribution in [1.29, 1.82) is 0 Å². The number of rotatable bonds is 5. The lowest BCUT2D eigenvalue weighted by molar-refractivity contribution is 0.102. The number of thioether (sulfide) groups is 1. The van der Waals surface area contributed by atoms with Crippen LogP contribution in [0.3, 0.4) is 0 Å². The zero-order valence-electron chi connectivity index (χ0n) is 9.06. The first-order chi connectivity index (χ1) is 8.25. The van der Waals surface area contributed by atoms with E-state index in [1.807, 2.05) is 41.8 Å². The first-order valence-corrected chi connectivity index (χ1v) is 7.56. The third-order valence-corrected chi connectivity index (χ3v) is 4.38. The summed E-state index contributed by atoms with van der Waals surface area (Å²) in [7, 11) is 0. The van der Waals surface area contributed by atoms with Crippen LogP contribution in [0.5, 0.6) is 0 Å². The Morgan fingerprint density at radius 3 is 2.65 bits per heavy atom. The number of carbonyl (C=O) groups excluding carboxylic acids is 1. The molecule has 0 saturated carbocycles. The molecule has 1 nitrogen and oxygen atoms in total. The van der Waals surface area contributed by atoms with Crippen LogP contribution in [0.15, 0.2) is 41.8 Å². The van der Waals surface area contributed by atoms with Crippen LogP contribution in [0.1, 0.15) is 15.2 Å². The van der Waals surface area contributed by atoms with Crippen molar-refractivity contribution < 1.29 is 4.79 Å². The van der Waals surface area contributed by atoms with Crippen LogP contribution in [0.2, 0.25) is 5.02 Å². The second-order valence-corrected chi connectivity index (χ2v) is 5.89. The van der Waals surface area contributed by atoms with Crippen molar-refractivity contribution in [3.8, 4) is 0 Å². The molecular weight excluding hydrogens is 272 g/mol. The lowest BCUT2D eigenvalue weighted by atomic mass is 10.2. The van der Waals surface area contributed by atoms with Crippen LogP contribution in [0.4, 0.5) is 0 Å². The van der Waals surface area contributed by atoms with E-state index in [1.165, 1.54) is 16.9 Å². The molecule has 0 N–H and O–H groups in total. The van der Waals surface area contributed by atoms with Crippen LogP contribution in [0, 0.1) is 0 Å². The van der Waals surface area contributed by atoms with Gasteiger partial charge in [-0.2, -0.15) is 0 Å². The van der Waals surface area contributed by atoms with Crippen LogP contribution >= 0.6 is 34.7 Å². The number of benzene rings is 1. The van der Waals surface area contributed by atoms with E-state index in [-0.39, 0.29) is 5.78 Å². The molecule has 0 bridgehead atoms. The number of hydrogen-bond acceptors (Lipinski definition) is 3. The van der Waals surface area contributed by atoms with Crippen molar-refractivity contribution in [2.45, 2.75) is 5.75 Å². The molecular formula is C13H11ClOS2. The summed E-state index contributed by atoms with van der Waals surface area (Å²) in [5, 5.41) is 2.67. The fourth-order valence-electron chi connectivity index (χ4n) is 1.35. The number of halogens is 1. The van der Waals surface area contributed by atoms with E-state index in [4.69, 9.17) is 11.6 Å². The maximum absolute atomic E-state index is 11.7. The normalized spacial score (nSPS) is 10.4. The molecule has 1 heterocycles. The Kier molecular flexibility index (Phi) is 4.66. The van der Waals surface area contributed by atoms with Gasteiger partial charge >= 0.3 is 0 Å². The minimum atomic E-state index is 0.207. The van der Waals surface area contributed by atoms with Gasteiger partial charge in [0, 0.05) is 10.8 Å². The van der Waals surface area contributed by atoms with E-state index in [2.05, 4.69) is 0 Å². The highest BCUT2D eigenvalue weighted by atomic mass is 35.5. The number of hydrogen-bond donors (Lipinski definition) is 0. The van der Waals surface area contributed by atoms with Crippen LogP contribution in [-0.2, 0) is 5.75 Å². The molecule has 0 aliphatic heterocycles. The molecule has 0 spiro atoms. The predicted molar refractivity (Wildman–Crippen MR) is 76.3 cm³/mol. The number of carbonyl (C=O) groups is 1. The van der Waals surface area contributed by atoms with Gasteiger partial charge in [0.1, 0.15) is 0 Å². The van der Waals surface area contributed by atoms with Crippen molar-refractivity contribution in [2.75, 3.05) is 5.75 Å². The summed E-state index contributed by atoms with van der Waals surface area (Å²) < 4.78 is 0. The Bertz CT molecular complexity index is 477. The summed E-state index contributed by atoms with van der Waals surface area (Å²) >= 11 is 8.94. The molecule has 2 aromatic rings. The number of ketones is 1. The van der Waals surface area contributed by atoms with E-state index in [9.17, 15) is 4.79 Å². The zero-order valence-corrected chi connectivity index (χ0v) is 11.4. The third kappa shape index (κ3) is 3.87. The second kappa shape index (κ2) is 6.24. The van der Waals surface area contributed by atoms with Gasteiger partial charge in [-0.05, 0) is 29.1 Å². The molecule has 0 amide bonds. The molecule has 0 fully saturated rings. The first-order valence-electron chi connectivity index (χ1n) is 5.14. The molecule has 17 heavy (non-hydrogen) atoms. The molecule has 0 aliphatic rings. The van der Waals surface area contributed by atoms with Gasteiger partial charge in [-0.1, -0.05) is 29.8 Å². The Balaban J connectivity index is 1.80. The molecule has 1 aromatic carbocycles. The molecule has 0 unspecified atom stereocenters. The van der Waals surface area contributed by atoms with Crippen LogP contribution in [0.25, 0.3) is 0 Å². The fourth-order valence-corrected chi connectivity index (χ4v) is 3.10. The lowest BCUT2D eigenvalue weighted by Crippen LogP contribution is -1.99. The molecule has 88 valence electrons. The SMILES string of the molecule is O=C(CSCc1ccc(Cl)cc1)c1cccs1. The van der Waals surface area contributed by atoms with Gasteiger partial charge < -0.3 is 0 Å². The van der Waals surface area contributed by atoms with Crippen LogP contribution in [-0.4, -0.2) is 11.5 Å². The van der Waals surface area contributed by atoms with Crippen molar-refractivity contribution in [2.24, 2.45) is 0 Å². The Hall–Kier alpha value is -0.770. The van der Waals surface area contributed by atoms with Crippen molar-refractivity contribution >= 4 is 40.5 Å². The van der Waals surface area contributed by atoms with Gasteiger partial charge in [-0.25, -0.2) is 0 Å². The van der Waals surface area contributed by atoms with Gasteiger partial charge in [0.25, 0.3) is 0 Å². The van der Waals surface area contributed by atoms with E-state index in [1.54, 1.807) is 11.8 Å². The van der Waals surface area contributed by atoms with Crippen molar-refractivity contribution in [1.82, 2.24) is 0 Å². The second-order valence-electron chi connectivity index (χ2n) is 3.52. The van der Waals surface area contributed by atoms with E-state index in [0.717, 1.165) is 15.7 Å². The maximum atomic E-state index is 11.7. The van der Waals surface area contributed by atoms with Gasteiger partial charge in [0.05, 0.1) is 10.6 Å². The van der Waals surface area contributed by atoms with Gasteiger partial charge in [-0.15, -0.1) is 23.1 Å². The largest absolute Gasteiger partial charge is 0.292 e. The predicted octanol–water partition coefficient (Wildman–Crippen LogP) is 4.52. The molecule has 1 aromatic heterocycles. The van der Waals surface area contributed by atoms with Gasteiger partial charge in [0.15, 0.2) is 5.78 Å². The smallest absolute Gasteiger partial charge is 0.182 e. The molecule has 4 heteroatoms. The van der Waals surface area contributed by atoms with E-state index in [0.29, 0.717) is 5.75 Å². The first kappa shape index (κ1) is 12.7. The van der Waals surface area contributed by atoms with E-state index < -0.39 is 0 Å². The van der Waals surface area contributed by atoms with Crippen LogP contribution < -0.4 is 0 Å². The number of thiophene rings is 1. The average molecular weight is 283 g/mol. The molecule has 0 saturated heterocycles. The van der Waals surface area contributed by atoms with E-state index >= 15 is 0 Å². The maximum Gasteiger partial charge on any atom is 0.182 e.